The maximum Gasteiger partial charge on any atom is 0.0119 e. The van der Waals surface area contributed by atoms with Crippen LogP contribution in [0.3, 0.4) is 0 Å². The van der Waals surface area contributed by atoms with Crippen LogP contribution in [-0.4, -0.2) is 36.6 Å². The van der Waals surface area contributed by atoms with Gasteiger partial charge in [-0.1, -0.05) is 46.5 Å². The Bertz CT molecular complexity index is 254. The summed E-state index contributed by atoms with van der Waals surface area (Å²) in [5.74, 6) is 1.88. The number of hydrogen-bond donors (Lipinski definition) is 1. The molecule has 4 unspecified atom stereocenters. The number of rotatable bonds is 5. The summed E-state index contributed by atoms with van der Waals surface area (Å²) >= 11 is 0. The highest BCUT2D eigenvalue weighted by Gasteiger charge is 2.33. The molecule has 112 valence electrons. The summed E-state index contributed by atoms with van der Waals surface area (Å²) < 4.78 is 0. The van der Waals surface area contributed by atoms with E-state index in [1.54, 1.807) is 0 Å². The zero-order valence-corrected chi connectivity index (χ0v) is 13.3. The Balaban J connectivity index is 1.88. The first-order valence-electron chi connectivity index (χ1n) is 8.75. The fourth-order valence-electron chi connectivity index (χ4n) is 4.30. The Morgan fingerprint density at radius 3 is 2.58 bits per heavy atom. The van der Waals surface area contributed by atoms with Crippen LogP contribution in [-0.2, 0) is 0 Å². The molecule has 1 heterocycles. The van der Waals surface area contributed by atoms with Gasteiger partial charge in [0.25, 0.3) is 0 Å². The predicted molar refractivity (Wildman–Crippen MR) is 83.5 cm³/mol. The van der Waals surface area contributed by atoms with Crippen molar-refractivity contribution in [2.45, 2.75) is 77.8 Å². The highest BCUT2D eigenvalue weighted by molar-refractivity contribution is 4.89. The average molecular weight is 266 g/mol. The van der Waals surface area contributed by atoms with Crippen LogP contribution in [0.2, 0.25) is 0 Å². The van der Waals surface area contributed by atoms with E-state index in [1.807, 2.05) is 0 Å². The van der Waals surface area contributed by atoms with Gasteiger partial charge in [-0.3, -0.25) is 4.90 Å². The highest BCUT2D eigenvalue weighted by atomic mass is 15.2. The number of nitrogens with zero attached hydrogens (tertiary/aromatic N) is 1. The normalized spacial score (nSPS) is 37.4. The predicted octanol–water partition coefficient (Wildman–Crippen LogP) is 3.67. The van der Waals surface area contributed by atoms with Gasteiger partial charge >= 0.3 is 0 Å². The van der Waals surface area contributed by atoms with Gasteiger partial charge in [0.2, 0.25) is 0 Å². The van der Waals surface area contributed by atoms with Gasteiger partial charge in [-0.2, -0.15) is 0 Å². The molecule has 4 atom stereocenters. The average Bonchev–Trinajstić information content (AvgIpc) is 2.48. The third kappa shape index (κ3) is 3.95. The van der Waals surface area contributed by atoms with Crippen molar-refractivity contribution in [3.8, 4) is 0 Å². The molecule has 0 spiro atoms. The van der Waals surface area contributed by atoms with Crippen LogP contribution in [0.25, 0.3) is 0 Å². The maximum atomic E-state index is 3.70. The monoisotopic (exact) mass is 266 g/mol. The van der Waals surface area contributed by atoms with Crippen molar-refractivity contribution in [1.82, 2.24) is 10.2 Å². The highest BCUT2D eigenvalue weighted by Crippen LogP contribution is 2.32. The summed E-state index contributed by atoms with van der Waals surface area (Å²) in [7, 11) is 0. The van der Waals surface area contributed by atoms with Crippen LogP contribution in [0.15, 0.2) is 0 Å². The molecule has 2 heteroatoms. The van der Waals surface area contributed by atoms with E-state index in [1.165, 1.54) is 58.0 Å². The molecule has 0 aromatic carbocycles. The second-order valence-electron chi connectivity index (χ2n) is 6.71. The summed E-state index contributed by atoms with van der Waals surface area (Å²) in [6, 6.07) is 1.67. The summed E-state index contributed by atoms with van der Waals surface area (Å²) in [6.45, 7) is 10.8. The number of hydrogen-bond acceptors (Lipinski definition) is 2. The third-order valence-corrected chi connectivity index (χ3v) is 5.60. The minimum Gasteiger partial charge on any atom is -0.314 e. The van der Waals surface area contributed by atoms with Gasteiger partial charge in [0.05, 0.1) is 0 Å². The Morgan fingerprint density at radius 2 is 1.89 bits per heavy atom. The number of piperidine rings is 1. The van der Waals surface area contributed by atoms with Gasteiger partial charge in [0, 0.05) is 18.6 Å². The molecule has 1 saturated carbocycles. The lowest BCUT2D eigenvalue weighted by atomic mass is 9.81. The molecular weight excluding hydrogens is 232 g/mol. The van der Waals surface area contributed by atoms with E-state index in [2.05, 4.69) is 31.0 Å². The second-order valence-corrected chi connectivity index (χ2v) is 6.71. The minimum absolute atomic E-state index is 0.775. The van der Waals surface area contributed by atoms with Crippen molar-refractivity contribution in [1.29, 1.82) is 0 Å². The molecule has 19 heavy (non-hydrogen) atoms. The van der Waals surface area contributed by atoms with E-state index in [9.17, 15) is 0 Å². The third-order valence-electron chi connectivity index (χ3n) is 5.60. The minimum atomic E-state index is 0.775. The van der Waals surface area contributed by atoms with Gasteiger partial charge in [-0.25, -0.2) is 0 Å². The molecule has 2 aliphatic rings. The molecule has 0 amide bonds. The molecule has 0 aromatic rings. The fourth-order valence-corrected chi connectivity index (χ4v) is 4.30. The molecule has 2 nitrogen and oxygen atoms in total. The molecule has 1 aliphatic carbocycles. The lowest BCUT2D eigenvalue weighted by Gasteiger charge is -2.45. The first-order chi connectivity index (χ1) is 9.28. The van der Waals surface area contributed by atoms with Gasteiger partial charge in [-0.05, 0) is 44.2 Å². The van der Waals surface area contributed by atoms with Crippen molar-refractivity contribution in [3.63, 3.8) is 0 Å². The molecule has 1 aliphatic heterocycles. The van der Waals surface area contributed by atoms with Crippen LogP contribution in [0.1, 0.15) is 65.7 Å². The molecule has 1 saturated heterocycles. The second kappa shape index (κ2) is 7.64. The lowest BCUT2D eigenvalue weighted by Crippen LogP contribution is -2.52. The Kier molecular flexibility index (Phi) is 6.15. The van der Waals surface area contributed by atoms with Gasteiger partial charge in [0.1, 0.15) is 0 Å². The zero-order valence-electron chi connectivity index (χ0n) is 13.3. The Labute approximate surface area is 120 Å². The zero-order chi connectivity index (χ0) is 13.7. The van der Waals surface area contributed by atoms with Crippen LogP contribution in [0.4, 0.5) is 0 Å². The molecule has 0 bridgehead atoms. The van der Waals surface area contributed by atoms with Crippen molar-refractivity contribution in [2.24, 2.45) is 11.8 Å². The van der Waals surface area contributed by atoms with Crippen LogP contribution >= 0.6 is 0 Å². The van der Waals surface area contributed by atoms with E-state index < -0.39 is 0 Å². The molecular formula is C17H34N2. The van der Waals surface area contributed by atoms with E-state index in [-0.39, 0.29) is 0 Å². The van der Waals surface area contributed by atoms with Gasteiger partial charge in [0.15, 0.2) is 0 Å². The summed E-state index contributed by atoms with van der Waals surface area (Å²) in [5.41, 5.74) is 0. The van der Waals surface area contributed by atoms with E-state index in [4.69, 9.17) is 0 Å². The van der Waals surface area contributed by atoms with Crippen molar-refractivity contribution in [3.05, 3.63) is 0 Å². The molecule has 0 radical (unpaired) electrons. The van der Waals surface area contributed by atoms with Crippen LogP contribution < -0.4 is 5.32 Å². The molecule has 2 fully saturated rings. The SMILES string of the molecule is CCNC1CCN(C2CCCC(CC)C2)CC1CC. The summed E-state index contributed by atoms with van der Waals surface area (Å²) in [6.07, 6.45) is 9.96. The maximum absolute atomic E-state index is 3.70. The number of likely N-dealkylation sites (tertiary alicyclic amines) is 1. The first-order valence-corrected chi connectivity index (χ1v) is 8.75. The largest absolute Gasteiger partial charge is 0.314 e. The first kappa shape index (κ1) is 15.3. The Morgan fingerprint density at radius 1 is 1.05 bits per heavy atom. The number of nitrogens with one attached hydrogen (secondary N) is 1. The molecule has 0 aromatic heterocycles. The van der Waals surface area contributed by atoms with E-state index in [0.717, 1.165) is 30.5 Å². The van der Waals surface area contributed by atoms with Crippen molar-refractivity contribution >= 4 is 0 Å². The van der Waals surface area contributed by atoms with Crippen LogP contribution in [0, 0.1) is 11.8 Å². The van der Waals surface area contributed by atoms with Gasteiger partial charge < -0.3 is 5.32 Å². The summed E-state index contributed by atoms with van der Waals surface area (Å²) in [4.78, 5) is 2.84. The topological polar surface area (TPSA) is 15.3 Å². The summed E-state index contributed by atoms with van der Waals surface area (Å²) in [5, 5.41) is 3.70. The molecule has 2 rings (SSSR count). The fraction of sp³-hybridized carbons (Fsp3) is 1.00. The standard InChI is InChI=1S/C17H34N2/c1-4-14-8-7-9-16(12-14)19-11-10-17(18-6-3)15(5-2)13-19/h14-18H,4-13H2,1-3H3. The van der Waals surface area contributed by atoms with Gasteiger partial charge in [-0.15, -0.1) is 0 Å². The molecule has 1 N–H and O–H groups in total. The smallest absolute Gasteiger partial charge is 0.0119 e. The van der Waals surface area contributed by atoms with Crippen molar-refractivity contribution < 1.29 is 0 Å². The van der Waals surface area contributed by atoms with Crippen molar-refractivity contribution in [2.75, 3.05) is 19.6 Å². The van der Waals surface area contributed by atoms with E-state index in [0.29, 0.717) is 0 Å². The Hall–Kier alpha value is -0.0800. The lowest BCUT2D eigenvalue weighted by molar-refractivity contribution is 0.0631. The quantitative estimate of drug-likeness (QED) is 0.817. The van der Waals surface area contributed by atoms with Crippen LogP contribution in [0.5, 0.6) is 0 Å². The van der Waals surface area contributed by atoms with E-state index >= 15 is 0 Å².